The lowest BCUT2D eigenvalue weighted by Crippen LogP contribution is -2.49. The van der Waals surface area contributed by atoms with E-state index in [0.29, 0.717) is 0 Å². The number of aromatic nitrogens is 1. The molecular formula is C20H23N3O. The van der Waals surface area contributed by atoms with Gasteiger partial charge in [0.15, 0.2) is 0 Å². The van der Waals surface area contributed by atoms with E-state index in [4.69, 9.17) is 4.98 Å². The highest BCUT2D eigenvalue weighted by atomic mass is 16.2. The van der Waals surface area contributed by atoms with Gasteiger partial charge in [-0.15, -0.1) is 0 Å². The van der Waals surface area contributed by atoms with Gasteiger partial charge in [-0.25, -0.2) is 4.98 Å². The van der Waals surface area contributed by atoms with E-state index in [-0.39, 0.29) is 5.91 Å². The van der Waals surface area contributed by atoms with Crippen LogP contribution in [0.2, 0.25) is 0 Å². The average Bonchev–Trinajstić information content (AvgIpc) is 3.47. The number of aryl methyl sites for hydroxylation is 1. The molecule has 4 nitrogen and oxygen atoms in total. The maximum atomic E-state index is 12.5. The molecule has 4 heteroatoms. The third-order valence-electron chi connectivity index (χ3n) is 5.01. The van der Waals surface area contributed by atoms with Crippen LogP contribution in [0.15, 0.2) is 42.6 Å². The van der Waals surface area contributed by atoms with Gasteiger partial charge in [-0.05, 0) is 48.9 Å². The molecule has 0 bridgehead atoms. The SMILES string of the molecule is Cc1cc(C2CC2)cnc1N1CCN(C(=O)c2ccccc2)CC1. The normalized spacial score (nSPS) is 17.9. The van der Waals surface area contributed by atoms with Gasteiger partial charge in [0.25, 0.3) is 5.91 Å². The second-order valence-electron chi connectivity index (χ2n) is 6.83. The molecule has 2 fully saturated rings. The molecule has 1 aliphatic carbocycles. The van der Waals surface area contributed by atoms with Crippen LogP contribution in [0.5, 0.6) is 0 Å². The summed E-state index contributed by atoms with van der Waals surface area (Å²) >= 11 is 0. The molecule has 1 amide bonds. The van der Waals surface area contributed by atoms with Crippen LogP contribution in [0.25, 0.3) is 0 Å². The van der Waals surface area contributed by atoms with E-state index in [9.17, 15) is 4.79 Å². The van der Waals surface area contributed by atoms with Gasteiger partial charge in [-0.2, -0.15) is 0 Å². The first kappa shape index (κ1) is 15.2. The number of pyridine rings is 1. The minimum absolute atomic E-state index is 0.129. The van der Waals surface area contributed by atoms with Crippen LogP contribution in [0.4, 0.5) is 5.82 Å². The molecule has 0 spiro atoms. The van der Waals surface area contributed by atoms with Gasteiger partial charge in [0.05, 0.1) is 0 Å². The maximum absolute atomic E-state index is 12.5. The smallest absolute Gasteiger partial charge is 0.253 e. The molecule has 1 saturated heterocycles. The second kappa shape index (κ2) is 6.27. The van der Waals surface area contributed by atoms with Gasteiger partial charge >= 0.3 is 0 Å². The number of carbonyl (C=O) groups excluding carboxylic acids is 1. The van der Waals surface area contributed by atoms with Crippen LogP contribution < -0.4 is 4.90 Å². The number of anilines is 1. The van der Waals surface area contributed by atoms with Gasteiger partial charge in [0, 0.05) is 37.9 Å². The molecule has 2 aliphatic rings. The zero-order chi connectivity index (χ0) is 16.5. The second-order valence-corrected chi connectivity index (χ2v) is 6.83. The molecule has 0 radical (unpaired) electrons. The fraction of sp³-hybridized carbons (Fsp3) is 0.400. The molecule has 24 heavy (non-hydrogen) atoms. The fourth-order valence-electron chi connectivity index (χ4n) is 3.44. The van der Waals surface area contributed by atoms with Crippen molar-refractivity contribution in [2.45, 2.75) is 25.7 Å². The van der Waals surface area contributed by atoms with Crippen LogP contribution in [0, 0.1) is 6.92 Å². The molecule has 2 heterocycles. The molecular weight excluding hydrogens is 298 g/mol. The standard InChI is InChI=1S/C20H23N3O/c1-15-13-18(16-7-8-16)14-21-19(15)22-9-11-23(12-10-22)20(24)17-5-3-2-4-6-17/h2-6,13-14,16H,7-12H2,1H3. The Labute approximate surface area is 143 Å². The average molecular weight is 321 g/mol. The molecule has 0 atom stereocenters. The van der Waals surface area contributed by atoms with Crippen molar-refractivity contribution in [3.63, 3.8) is 0 Å². The number of nitrogens with zero attached hydrogens (tertiary/aromatic N) is 3. The minimum Gasteiger partial charge on any atom is -0.353 e. The van der Waals surface area contributed by atoms with Gasteiger partial charge in [0.1, 0.15) is 5.82 Å². The lowest BCUT2D eigenvalue weighted by molar-refractivity contribution is 0.0746. The highest BCUT2D eigenvalue weighted by Gasteiger charge is 2.26. The van der Waals surface area contributed by atoms with Crippen LogP contribution in [-0.2, 0) is 0 Å². The van der Waals surface area contributed by atoms with Crippen LogP contribution in [-0.4, -0.2) is 42.0 Å². The lowest BCUT2D eigenvalue weighted by atomic mass is 10.1. The predicted octanol–water partition coefficient (Wildman–Crippen LogP) is 3.23. The molecule has 1 saturated carbocycles. The number of hydrogen-bond acceptors (Lipinski definition) is 3. The molecule has 2 aromatic rings. The molecule has 0 N–H and O–H groups in total. The predicted molar refractivity (Wildman–Crippen MR) is 95.5 cm³/mol. The van der Waals surface area contributed by atoms with E-state index in [0.717, 1.165) is 43.5 Å². The summed E-state index contributed by atoms with van der Waals surface area (Å²) in [6.45, 7) is 5.33. The molecule has 0 unspecified atom stereocenters. The summed E-state index contributed by atoms with van der Waals surface area (Å²) in [5.41, 5.74) is 3.41. The van der Waals surface area contributed by atoms with Crippen molar-refractivity contribution in [3.8, 4) is 0 Å². The zero-order valence-corrected chi connectivity index (χ0v) is 14.1. The highest BCUT2D eigenvalue weighted by molar-refractivity contribution is 5.94. The van der Waals surface area contributed by atoms with Crippen molar-refractivity contribution >= 4 is 11.7 Å². The number of amides is 1. The van der Waals surface area contributed by atoms with Crippen LogP contribution >= 0.6 is 0 Å². The number of hydrogen-bond donors (Lipinski definition) is 0. The first-order valence-electron chi connectivity index (χ1n) is 8.78. The van der Waals surface area contributed by atoms with Gasteiger partial charge < -0.3 is 9.80 Å². The summed E-state index contributed by atoms with van der Waals surface area (Å²) in [4.78, 5) is 21.5. The minimum atomic E-state index is 0.129. The third-order valence-corrected chi connectivity index (χ3v) is 5.01. The zero-order valence-electron chi connectivity index (χ0n) is 14.1. The van der Waals surface area contributed by atoms with Crippen LogP contribution in [0.3, 0.4) is 0 Å². The monoisotopic (exact) mass is 321 g/mol. The van der Waals surface area contributed by atoms with Gasteiger partial charge in [-0.3, -0.25) is 4.79 Å². The topological polar surface area (TPSA) is 36.4 Å². The largest absolute Gasteiger partial charge is 0.353 e. The van der Waals surface area contributed by atoms with Crippen molar-refractivity contribution in [1.82, 2.24) is 9.88 Å². The Morgan fingerprint density at radius 2 is 1.79 bits per heavy atom. The summed E-state index contributed by atoms with van der Waals surface area (Å²) in [5, 5.41) is 0. The Morgan fingerprint density at radius 1 is 1.08 bits per heavy atom. The summed E-state index contributed by atoms with van der Waals surface area (Å²) in [7, 11) is 0. The van der Waals surface area contributed by atoms with Crippen molar-refractivity contribution in [3.05, 3.63) is 59.3 Å². The van der Waals surface area contributed by atoms with E-state index >= 15 is 0 Å². The number of rotatable bonds is 3. The van der Waals surface area contributed by atoms with Crippen molar-refractivity contribution < 1.29 is 4.79 Å². The Kier molecular flexibility index (Phi) is 3.97. The first-order valence-corrected chi connectivity index (χ1v) is 8.78. The van der Waals surface area contributed by atoms with E-state index in [1.807, 2.05) is 41.4 Å². The number of benzene rings is 1. The Bertz CT molecular complexity index is 732. The summed E-state index contributed by atoms with van der Waals surface area (Å²) in [5.74, 6) is 1.95. The first-order chi connectivity index (χ1) is 11.7. The molecule has 1 aromatic heterocycles. The van der Waals surface area contributed by atoms with Gasteiger partial charge in [-0.1, -0.05) is 24.3 Å². The third kappa shape index (κ3) is 3.01. The summed E-state index contributed by atoms with van der Waals surface area (Å²) in [6.07, 6.45) is 4.66. The molecule has 4 rings (SSSR count). The fourth-order valence-corrected chi connectivity index (χ4v) is 3.44. The van der Waals surface area contributed by atoms with E-state index < -0.39 is 0 Å². The van der Waals surface area contributed by atoms with E-state index in [2.05, 4.69) is 17.9 Å². The summed E-state index contributed by atoms with van der Waals surface area (Å²) < 4.78 is 0. The maximum Gasteiger partial charge on any atom is 0.253 e. The Balaban J connectivity index is 1.42. The Morgan fingerprint density at radius 3 is 2.42 bits per heavy atom. The van der Waals surface area contributed by atoms with E-state index in [1.165, 1.54) is 24.0 Å². The Hall–Kier alpha value is -2.36. The highest BCUT2D eigenvalue weighted by Crippen LogP contribution is 2.40. The van der Waals surface area contributed by atoms with Crippen LogP contribution in [0.1, 0.15) is 40.2 Å². The summed E-state index contributed by atoms with van der Waals surface area (Å²) in [6, 6.07) is 11.8. The molecule has 1 aliphatic heterocycles. The quantitative estimate of drug-likeness (QED) is 0.871. The number of carbonyl (C=O) groups is 1. The van der Waals surface area contributed by atoms with Gasteiger partial charge in [0.2, 0.25) is 0 Å². The lowest BCUT2D eigenvalue weighted by Gasteiger charge is -2.36. The van der Waals surface area contributed by atoms with Crippen molar-refractivity contribution in [1.29, 1.82) is 0 Å². The molecule has 124 valence electrons. The van der Waals surface area contributed by atoms with E-state index in [1.54, 1.807) is 0 Å². The van der Waals surface area contributed by atoms with Crippen molar-refractivity contribution in [2.24, 2.45) is 0 Å². The number of piperazine rings is 1. The molecule has 1 aromatic carbocycles. The van der Waals surface area contributed by atoms with Crippen molar-refractivity contribution in [2.75, 3.05) is 31.1 Å².